The molecular formula is C23H21NO3. The number of fused-ring (bicyclic) bond motifs is 1. The van der Waals surface area contributed by atoms with Crippen molar-refractivity contribution in [1.29, 1.82) is 0 Å². The first-order valence-corrected chi connectivity index (χ1v) is 8.79. The van der Waals surface area contributed by atoms with E-state index >= 15 is 0 Å². The first-order valence-electron chi connectivity index (χ1n) is 8.79. The molecule has 1 aliphatic heterocycles. The molecule has 0 aliphatic carbocycles. The summed E-state index contributed by atoms with van der Waals surface area (Å²) in [4.78, 5) is 15.4. The van der Waals surface area contributed by atoms with Crippen LogP contribution in [0.2, 0.25) is 0 Å². The topological polar surface area (TPSA) is 38.8 Å². The molecule has 0 radical (unpaired) electrons. The molecule has 0 bridgehead atoms. The van der Waals surface area contributed by atoms with E-state index in [9.17, 15) is 4.79 Å². The standard InChI is InChI=1S/C23H21NO3/c1-24-21-7-5-4-6-20(21)23(22(24)25,16-8-12-18(26-2)13-9-16)17-10-14-19(27-3)15-11-17/h4-15H,1-3H3. The Morgan fingerprint density at radius 2 is 1.22 bits per heavy atom. The van der Waals surface area contributed by atoms with E-state index in [2.05, 4.69) is 0 Å². The van der Waals surface area contributed by atoms with Crippen LogP contribution < -0.4 is 14.4 Å². The number of benzene rings is 3. The lowest BCUT2D eigenvalue weighted by Crippen LogP contribution is -2.40. The van der Waals surface area contributed by atoms with Crippen molar-refractivity contribution in [2.45, 2.75) is 5.41 Å². The Bertz CT molecular complexity index is 930. The van der Waals surface area contributed by atoms with Gasteiger partial charge >= 0.3 is 0 Å². The van der Waals surface area contributed by atoms with Crippen LogP contribution in [0.3, 0.4) is 0 Å². The molecule has 0 N–H and O–H groups in total. The van der Waals surface area contributed by atoms with Gasteiger partial charge in [0.15, 0.2) is 0 Å². The zero-order valence-corrected chi connectivity index (χ0v) is 15.6. The molecule has 3 aromatic carbocycles. The molecule has 136 valence electrons. The van der Waals surface area contributed by atoms with Gasteiger partial charge in [-0.1, -0.05) is 42.5 Å². The highest BCUT2D eigenvalue weighted by Gasteiger charge is 2.52. The monoisotopic (exact) mass is 359 g/mol. The van der Waals surface area contributed by atoms with Crippen molar-refractivity contribution >= 4 is 11.6 Å². The van der Waals surface area contributed by atoms with Crippen LogP contribution in [0.15, 0.2) is 72.8 Å². The van der Waals surface area contributed by atoms with E-state index in [0.717, 1.165) is 33.9 Å². The number of rotatable bonds is 4. The largest absolute Gasteiger partial charge is 0.497 e. The Labute approximate surface area is 159 Å². The second-order valence-electron chi connectivity index (χ2n) is 6.59. The number of carbonyl (C=O) groups excluding carboxylic acids is 1. The Kier molecular flexibility index (Phi) is 4.11. The SMILES string of the molecule is COc1ccc(C2(c3ccc(OC)cc3)C(=O)N(C)c3ccccc32)cc1. The van der Waals surface area contributed by atoms with Crippen LogP contribution in [0.5, 0.6) is 11.5 Å². The van der Waals surface area contributed by atoms with Gasteiger partial charge in [0.1, 0.15) is 16.9 Å². The maximum absolute atomic E-state index is 13.7. The molecule has 3 aromatic rings. The smallest absolute Gasteiger partial charge is 0.246 e. The lowest BCUT2D eigenvalue weighted by atomic mass is 9.70. The maximum atomic E-state index is 13.7. The van der Waals surface area contributed by atoms with E-state index in [1.165, 1.54) is 0 Å². The van der Waals surface area contributed by atoms with Crippen LogP contribution >= 0.6 is 0 Å². The fourth-order valence-corrected chi connectivity index (χ4v) is 3.97. The first-order chi connectivity index (χ1) is 13.1. The van der Waals surface area contributed by atoms with E-state index < -0.39 is 5.41 Å². The molecule has 1 aliphatic rings. The summed E-state index contributed by atoms with van der Waals surface area (Å²) in [5, 5.41) is 0. The first kappa shape index (κ1) is 17.2. The lowest BCUT2D eigenvalue weighted by Gasteiger charge is -2.30. The van der Waals surface area contributed by atoms with Gasteiger partial charge in [-0.2, -0.15) is 0 Å². The van der Waals surface area contributed by atoms with E-state index in [4.69, 9.17) is 9.47 Å². The molecule has 0 saturated heterocycles. The van der Waals surface area contributed by atoms with Crippen LogP contribution in [-0.4, -0.2) is 27.2 Å². The Morgan fingerprint density at radius 1 is 0.741 bits per heavy atom. The summed E-state index contributed by atoms with van der Waals surface area (Å²) in [5.74, 6) is 1.55. The Balaban J connectivity index is 2.02. The van der Waals surface area contributed by atoms with E-state index in [1.807, 2.05) is 79.8 Å². The highest BCUT2D eigenvalue weighted by atomic mass is 16.5. The van der Waals surface area contributed by atoms with Crippen LogP contribution in [0.1, 0.15) is 16.7 Å². The van der Waals surface area contributed by atoms with Crippen LogP contribution in [-0.2, 0) is 10.2 Å². The van der Waals surface area contributed by atoms with Gasteiger partial charge in [0, 0.05) is 18.3 Å². The lowest BCUT2D eigenvalue weighted by molar-refractivity contribution is -0.120. The van der Waals surface area contributed by atoms with Gasteiger partial charge in [-0.25, -0.2) is 0 Å². The van der Waals surface area contributed by atoms with E-state index in [-0.39, 0.29) is 5.91 Å². The molecular weight excluding hydrogens is 338 g/mol. The molecule has 0 atom stereocenters. The second kappa shape index (κ2) is 6.47. The van der Waals surface area contributed by atoms with Crippen molar-refractivity contribution in [2.75, 3.05) is 26.2 Å². The summed E-state index contributed by atoms with van der Waals surface area (Å²) in [7, 11) is 5.10. The van der Waals surface area contributed by atoms with Crippen molar-refractivity contribution in [3.05, 3.63) is 89.5 Å². The normalized spacial score (nSPS) is 14.8. The van der Waals surface area contributed by atoms with Crippen LogP contribution in [0, 0.1) is 0 Å². The molecule has 27 heavy (non-hydrogen) atoms. The number of hydrogen-bond donors (Lipinski definition) is 0. The molecule has 1 heterocycles. The van der Waals surface area contributed by atoms with E-state index in [1.54, 1.807) is 19.1 Å². The summed E-state index contributed by atoms with van der Waals surface area (Å²) >= 11 is 0. The Morgan fingerprint density at radius 3 is 1.70 bits per heavy atom. The molecule has 4 nitrogen and oxygen atoms in total. The Hall–Kier alpha value is -3.27. The average Bonchev–Trinajstić information content (AvgIpc) is 2.96. The second-order valence-corrected chi connectivity index (χ2v) is 6.59. The number of anilines is 1. The van der Waals surface area contributed by atoms with Crippen LogP contribution in [0.25, 0.3) is 0 Å². The van der Waals surface area contributed by atoms with Crippen molar-refractivity contribution in [3.63, 3.8) is 0 Å². The number of methoxy groups -OCH3 is 2. The van der Waals surface area contributed by atoms with Crippen LogP contribution in [0.4, 0.5) is 5.69 Å². The predicted molar refractivity (Wildman–Crippen MR) is 106 cm³/mol. The average molecular weight is 359 g/mol. The number of hydrogen-bond acceptors (Lipinski definition) is 3. The summed E-state index contributed by atoms with van der Waals surface area (Å²) in [6.07, 6.45) is 0. The molecule has 0 aromatic heterocycles. The number of para-hydroxylation sites is 1. The summed E-state index contributed by atoms with van der Waals surface area (Å²) in [6, 6.07) is 23.4. The molecule has 4 heteroatoms. The molecule has 4 rings (SSSR count). The van der Waals surface area contributed by atoms with Crippen molar-refractivity contribution in [1.82, 2.24) is 0 Å². The third-order valence-corrected chi connectivity index (χ3v) is 5.34. The number of likely N-dealkylation sites (N-methyl/N-ethyl adjacent to an activating group) is 1. The maximum Gasteiger partial charge on any atom is 0.246 e. The zero-order valence-electron chi connectivity index (χ0n) is 15.6. The van der Waals surface area contributed by atoms with Gasteiger partial charge in [-0.05, 0) is 41.5 Å². The van der Waals surface area contributed by atoms with Gasteiger partial charge < -0.3 is 14.4 Å². The number of carbonyl (C=O) groups is 1. The van der Waals surface area contributed by atoms with Gasteiger partial charge in [-0.3, -0.25) is 4.79 Å². The third-order valence-electron chi connectivity index (χ3n) is 5.34. The predicted octanol–water partition coefficient (Wildman–Crippen LogP) is 4.01. The minimum absolute atomic E-state index is 0.0269. The molecule has 0 fully saturated rings. The fourth-order valence-electron chi connectivity index (χ4n) is 3.97. The number of amides is 1. The highest BCUT2D eigenvalue weighted by Crippen LogP contribution is 2.50. The molecule has 0 unspecified atom stereocenters. The number of ether oxygens (including phenoxy) is 2. The zero-order chi connectivity index (χ0) is 19.0. The summed E-state index contributed by atoms with van der Waals surface area (Å²) in [5.41, 5.74) is 2.83. The highest BCUT2D eigenvalue weighted by molar-refractivity contribution is 6.12. The van der Waals surface area contributed by atoms with E-state index in [0.29, 0.717) is 0 Å². The molecule has 0 spiro atoms. The minimum Gasteiger partial charge on any atom is -0.497 e. The van der Waals surface area contributed by atoms with Gasteiger partial charge in [0.2, 0.25) is 5.91 Å². The van der Waals surface area contributed by atoms with Gasteiger partial charge in [-0.15, -0.1) is 0 Å². The van der Waals surface area contributed by atoms with Gasteiger partial charge in [0.05, 0.1) is 14.2 Å². The van der Waals surface area contributed by atoms with Crippen molar-refractivity contribution in [2.24, 2.45) is 0 Å². The quantitative estimate of drug-likeness (QED) is 0.706. The van der Waals surface area contributed by atoms with Gasteiger partial charge in [0.25, 0.3) is 0 Å². The number of nitrogens with zero attached hydrogens (tertiary/aromatic N) is 1. The third kappa shape index (κ3) is 2.40. The fraction of sp³-hybridized carbons (Fsp3) is 0.174. The molecule has 0 saturated carbocycles. The molecule has 1 amide bonds. The minimum atomic E-state index is -0.899. The van der Waals surface area contributed by atoms with Crippen molar-refractivity contribution < 1.29 is 14.3 Å². The van der Waals surface area contributed by atoms with Crippen molar-refractivity contribution in [3.8, 4) is 11.5 Å². The summed E-state index contributed by atoms with van der Waals surface area (Å²) < 4.78 is 10.6. The summed E-state index contributed by atoms with van der Waals surface area (Å²) in [6.45, 7) is 0.